The number of alkyl halides is 1. The molecule has 0 spiro atoms. The molecule has 0 radical (unpaired) electrons. The molecule has 102 valence electrons. The van der Waals surface area contributed by atoms with Crippen molar-refractivity contribution in [3.05, 3.63) is 24.3 Å². The van der Waals surface area contributed by atoms with Gasteiger partial charge in [-0.2, -0.15) is 0 Å². The van der Waals surface area contributed by atoms with E-state index >= 15 is 0 Å². The molecule has 3 heteroatoms. The second kappa shape index (κ2) is 8.41. The SMILES string of the molecule is CCCOc1ccccc1OCC(CBr)C(C)C. The molecule has 1 aromatic rings. The summed E-state index contributed by atoms with van der Waals surface area (Å²) in [4.78, 5) is 0. The standard InChI is InChI=1S/C15H23BrO2/c1-4-9-17-14-7-5-6-8-15(14)18-11-13(10-16)12(2)3/h5-8,12-13H,4,9-11H2,1-3H3. The lowest BCUT2D eigenvalue weighted by Crippen LogP contribution is -2.19. The molecule has 0 aromatic heterocycles. The second-order valence-electron chi connectivity index (χ2n) is 4.76. The van der Waals surface area contributed by atoms with E-state index in [1.165, 1.54) is 0 Å². The lowest BCUT2D eigenvalue weighted by Gasteiger charge is -2.20. The third-order valence-corrected chi connectivity index (χ3v) is 3.74. The zero-order chi connectivity index (χ0) is 13.4. The van der Waals surface area contributed by atoms with Crippen molar-refractivity contribution in [2.24, 2.45) is 11.8 Å². The molecule has 2 nitrogen and oxygen atoms in total. The van der Waals surface area contributed by atoms with Crippen LogP contribution in [0.1, 0.15) is 27.2 Å². The van der Waals surface area contributed by atoms with Gasteiger partial charge in [-0.05, 0) is 24.5 Å². The molecule has 0 aliphatic carbocycles. The summed E-state index contributed by atoms with van der Waals surface area (Å²) in [5.74, 6) is 2.81. The predicted molar refractivity (Wildman–Crippen MR) is 79.8 cm³/mol. The van der Waals surface area contributed by atoms with E-state index in [1.807, 2.05) is 24.3 Å². The highest BCUT2D eigenvalue weighted by Crippen LogP contribution is 2.27. The third kappa shape index (κ3) is 4.89. The second-order valence-corrected chi connectivity index (χ2v) is 5.41. The average molecular weight is 315 g/mol. The number of ether oxygens (including phenoxy) is 2. The van der Waals surface area contributed by atoms with Crippen molar-refractivity contribution in [3.63, 3.8) is 0 Å². The van der Waals surface area contributed by atoms with E-state index in [0.29, 0.717) is 11.8 Å². The van der Waals surface area contributed by atoms with Crippen LogP contribution in [0.25, 0.3) is 0 Å². The van der Waals surface area contributed by atoms with Crippen molar-refractivity contribution < 1.29 is 9.47 Å². The van der Waals surface area contributed by atoms with Crippen molar-refractivity contribution in [2.45, 2.75) is 27.2 Å². The highest BCUT2D eigenvalue weighted by atomic mass is 79.9. The Morgan fingerprint density at radius 3 is 2.22 bits per heavy atom. The normalized spacial score (nSPS) is 12.5. The summed E-state index contributed by atoms with van der Waals surface area (Å²) in [6, 6.07) is 7.88. The van der Waals surface area contributed by atoms with E-state index < -0.39 is 0 Å². The molecule has 0 N–H and O–H groups in total. The zero-order valence-electron chi connectivity index (χ0n) is 11.5. The Bertz CT molecular complexity index is 339. The molecule has 18 heavy (non-hydrogen) atoms. The van der Waals surface area contributed by atoms with E-state index in [4.69, 9.17) is 9.47 Å². The van der Waals surface area contributed by atoms with Gasteiger partial charge in [0.1, 0.15) is 0 Å². The van der Waals surface area contributed by atoms with E-state index in [9.17, 15) is 0 Å². The van der Waals surface area contributed by atoms with Gasteiger partial charge in [-0.1, -0.05) is 48.8 Å². The van der Waals surface area contributed by atoms with Crippen molar-refractivity contribution in [1.82, 2.24) is 0 Å². The summed E-state index contributed by atoms with van der Waals surface area (Å²) in [7, 11) is 0. The van der Waals surface area contributed by atoms with Gasteiger partial charge in [-0.25, -0.2) is 0 Å². The highest BCUT2D eigenvalue weighted by Gasteiger charge is 2.14. The molecule has 0 saturated carbocycles. The molecule has 1 atom stereocenters. The maximum absolute atomic E-state index is 5.89. The fourth-order valence-corrected chi connectivity index (χ4v) is 2.45. The number of hydrogen-bond donors (Lipinski definition) is 0. The first kappa shape index (κ1) is 15.4. The number of para-hydroxylation sites is 2. The van der Waals surface area contributed by atoms with Gasteiger partial charge < -0.3 is 9.47 Å². The van der Waals surface area contributed by atoms with Gasteiger partial charge in [0, 0.05) is 11.2 Å². The molecule has 1 rings (SSSR count). The topological polar surface area (TPSA) is 18.5 Å². The van der Waals surface area contributed by atoms with Crippen LogP contribution < -0.4 is 9.47 Å². The molecule has 0 saturated heterocycles. The largest absolute Gasteiger partial charge is 0.490 e. The van der Waals surface area contributed by atoms with Gasteiger partial charge in [0.2, 0.25) is 0 Å². The summed E-state index contributed by atoms with van der Waals surface area (Å²) < 4.78 is 11.6. The number of hydrogen-bond acceptors (Lipinski definition) is 2. The van der Waals surface area contributed by atoms with Crippen molar-refractivity contribution >= 4 is 15.9 Å². The van der Waals surface area contributed by atoms with Gasteiger partial charge in [-0.15, -0.1) is 0 Å². The van der Waals surface area contributed by atoms with Crippen LogP contribution in [0.2, 0.25) is 0 Å². The average Bonchev–Trinajstić information content (AvgIpc) is 2.38. The fourth-order valence-electron chi connectivity index (χ4n) is 1.51. The number of benzene rings is 1. The van der Waals surface area contributed by atoms with Crippen LogP contribution in [0.5, 0.6) is 11.5 Å². The first-order valence-corrected chi connectivity index (χ1v) is 7.71. The Morgan fingerprint density at radius 2 is 1.72 bits per heavy atom. The molecular weight excluding hydrogens is 292 g/mol. The molecule has 1 unspecified atom stereocenters. The molecular formula is C15H23BrO2. The van der Waals surface area contributed by atoms with Crippen molar-refractivity contribution in [3.8, 4) is 11.5 Å². The number of halogens is 1. The first-order chi connectivity index (χ1) is 8.69. The zero-order valence-corrected chi connectivity index (χ0v) is 13.1. The summed E-state index contributed by atoms with van der Waals surface area (Å²) in [5, 5.41) is 0.961. The van der Waals surface area contributed by atoms with Gasteiger partial charge in [0.15, 0.2) is 11.5 Å². The monoisotopic (exact) mass is 314 g/mol. The van der Waals surface area contributed by atoms with E-state index in [1.54, 1.807) is 0 Å². The minimum atomic E-state index is 0.518. The molecule has 0 aliphatic rings. The van der Waals surface area contributed by atoms with Crippen LogP contribution in [0, 0.1) is 11.8 Å². The van der Waals surface area contributed by atoms with Crippen LogP contribution in [0.3, 0.4) is 0 Å². The highest BCUT2D eigenvalue weighted by molar-refractivity contribution is 9.09. The van der Waals surface area contributed by atoms with Crippen LogP contribution in [-0.2, 0) is 0 Å². The van der Waals surface area contributed by atoms with Crippen LogP contribution >= 0.6 is 15.9 Å². The minimum absolute atomic E-state index is 0.518. The Labute approximate surface area is 119 Å². The van der Waals surface area contributed by atoms with Gasteiger partial charge in [0.05, 0.1) is 13.2 Å². The van der Waals surface area contributed by atoms with E-state index in [0.717, 1.165) is 36.5 Å². The van der Waals surface area contributed by atoms with Gasteiger partial charge in [-0.3, -0.25) is 0 Å². The summed E-state index contributed by atoms with van der Waals surface area (Å²) in [6.07, 6.45) is 1.00. The first-order valence-electron chi connectivity index (χ1n) is 6.59. The van der Waals surface area contributed by atoms with Crippen molar-refractivity contribution in [1.29, 1.82) is 0 Å². The lowest BCUT2D eigenvalue weighted by atomic mass is 9.99. The Morgan fingerprint density at radius 1 is 1.11 bits per heavy atom. The van der Waals surface area contributed by atoms with Crippen LogP contribution in [0.4, 0.5) is 0 Å². The van der Waals surface area contributed by atoms with Gasteiger partial charge in [0.25, 0.3) is 0 Å². The van der Waals surface area contributed by atoms with E-state index in [-0.39, 0.29) is 0 Å². The van der Waals surface area contributed by atoms with E-state index in [2.05, 4.69) is 36.7 Å². The molecule has 0 bridgehead atoms. The lowest BCUT2D eigenvalue weighted by molar-refractivity contribution is 0.213. The van der Waals surface area contributed by atoms with Crippen molar-refractivity contribution in [2.75, 3.05) is 18.5 Å². The Balaban J connectivity index is 2.60. The maximum Gasteiger partial charge on any atom is 0.161 e. The molecule has 0 amide bonds. The quantitative estimate of drug-likeness (QED) is 0.657. The maximum atomic E-state index is 5.89. The molecule has 0 fully saturated rings. The smallest absolute Gasteiger partial charge is 0.161 e. The Hall–Kier alpha value is -0.700. The Kier molecular flexibility index (Phi) is 7.18. The fraction of sp³-hybridized carbons (Fsp3) is 0.600. The molecule has 0 aliphatic heterocycles. The molecule has 1 aromatic carbocycles. The minimum Gasteiger partial charge on any atom is -0.490 e. The summed E-state index contributed by atoms with van der Waals surface area (Å²) in [5.41, 5.74) is 0. The van der Waals surface area contributed by atoms with Crippen LogP contribution in [0.15, 0.2) is 24.3 Å². The summed E-state index contributed by atoms with van der Waals surface area (Å²) in [6.45, 7) is 7.98. The predicted octanol–water partition coefficient (Wildman–Crippen LogP) is 4.52. The number of rotatable bonds is 8. The van der Waals surface area contributed by atoms with Crippen LogP contribution in [-0.4, -0.2) is 18.5 Å². The third-order valence-electron chi connectivity index (χ3n) is 2.90. The summed E-state index contributed by atoms with van der Waals surface area (Å²) >= 11 is 3.54. The van der Waals surface area contributed by atoms with Gasteiger partial charge >= 0.3 is 0 Å². The molecule has 0 heterocycles.